The van der Waals surface area contributed by atoms with Crippen molar-refractivity contribution in [1.29, 1.82) is 10.5 Å². The molecule has 0 radical (unpaired) electrons. The second-order valence-electron chi connectivity index (χ2n) is 8.73. The zero-order chi connectivity index (χ0) is 25.2. The van der Waals surface area contributed by atoms with Crippen LogP contribution in [0.2, 0.25) is 0 Å². The maximum Gasteiger partial charge on any atom is 0.126 e. The Labute approximate surface area is 213 Å². The highest BCUT2D eigenvalue weighted by molar-refractivity contribution is 5.84. The monoisotopic (exact) mass is 462 g/mol. The van der Waals surface area contributed by atoms with E-state index in [9.17, 15) is 10.5 Å². The van der Waals surface area contributed by atoms with Crippen molar-refractivity contribution in [3.8, 4) is 12.1 Å². The molecule has 0 unspecified atom stereocenters. The first-order chi connectivity index (χ1) is 17.6. The summed E-state index contributed by atoms with van der Waals surface area (Å²) in [5.41, 5.74) is 5.64. The Morgan fingerprint density at radius 1 is 0.500 bits per heavy atom. The van der Waals surface area contributed by atoms with Crippen molar-refractivity contribution in [3.05, 3.63) is 167 Å². The number of nitrogens with zero attached hydrogens (tertiary/aromatic N) is 2. The van der Waals surface area contributed by atoms with Gasteiger partial charge in [-0.2, -0.15) is 10.5 Å². The predicted molar refractivity (Wildman–Crippen MR) is 147 cm³/mol. The van der Waals surface area contributed by atoms with E-state index >= 15 is 0 Å². The lowest BCUT2D eigenvalue weighted by Gasteiger charge is -2.23. The van der Waals surface area contributed by atoms with Crippen LogP contribution in [-0.2, 0) is 0 Å². The summed E-state index contributed by atoms with van der Waals surface area (Å²) in [5.74, 6) is 0. The van der Waals surface area contributed by atoms with Gasteiger partial charge in [0.2, 0.25) is 0 Å². The molecule has 0 aliphatic rings. The Hall–Kier alpha value is -4.92. The van der Waals surface area contributed by atoms with Crippen LogP contribution < -0.4 is 0 Å². The molecule has 36 heavy (non-hydrogen) atoms. The van der Waals surface area contributed by atoms with Gasteiger partial charge in [0.05, 0.1) is 0 Å². The molecule has 4 rings (SSSR count). The van der Waals surface area contributed by atoms with Gasteiger partial charge in [-0.15, -0.1) is 0 Å². The minimum Gasteiger partial charge on any atom is -0.192 e. The van der Waals surface area contributed by atoms with Crippen LogP contribution in [0.3, 0.4) is 0 Å². The molecular weight excluding hydrogens is 436 g/mol. The predicted octanol–water partition coefficient (Wildman–Crippen LogP) is 8.23. The molecule has 172 valence electrons. The fraction of sp³-hybridized carbons (Fsp3) is 0.0588. The summed E-state index contributed by atoms with van der Waals surface area (Å²) in [6, 6.07) is 44.9. The number of nitriles is 2. The molecular formula is C34H26N2. The van der Waals surface area contributed by atoms with E-state index in [1.165, 1.54) is 0 Å². The second-order valence-corrected chi connectivity index (χ2v) is 8.73. The van der Waals surface area contributed by atoms with Gasteiger partial charge in [0.1, 0.15) is 17.7 Å². The van der Waals surface area contributed by atoms with Crippen LogP contribution in [0.5, 0.6) is 0 Å². The van der Waals surface area contributed by atoms with Crippen LogP contribution in [0, 0.1) is 28.1 Å². The Kier molecular flexibility index (Phi) is 7.72. The first-order valence-electron chi connectivity index (χ1n) is 11.8. The van der Waals surface area contributed by atoms with Gasteiger partial charge in [-0.3, -0.25) is 0 Å². The Balaban J connectivity index is 2.02. The number of hydrogen-bond acceptors (Lipinski definition) is 2. The van der Waals surface area contributed by atoms with E-state index in [-0.39, 0.29) is 5.57 Å². The highest BCUT2D eigenvalue weighted by atomic mass is 14.3. The summed E-state index contributed by atoms with van der Waals surface area (Å²) in [6.07, 6.45) is 6.06. The summed E-state index contributed by atoms with van der Waals surface area (Å²) >= 11 is 0. The molecule has 0 saturated carbocycles. The Bertz CT molecular complexity index is 1270. The molecule has 0 spiro atoms. The minimum absolute atomic E-state index is 0.0750. The van der Waals surface area contributed by atoms with Gasteiger partial charge >= 0.3 is 0 Å². The maximum absolute atomic E-state index is 9.64. The standard InChI is InChI=1S/C34H26N2/c1-34(22-27(25-35)26-36,23-32(28-14-6-2-7-15-28)29-16-8-3-9-17-29)24-33(30-18-10-4-11-19-30)31-20-12-5-13-21-31/h2-24H,1H3. The lowest BCUT2D eigenvalue weighted by molar-refractivity contribution is 0.717. The van der Waals surface area contributed by atoms with Gasteiger partial charge in [0.15, 0.2) is 0 Å². The third-order valence-electron chi connectivity index (χ3n) is 5.95. The van der Waals surface area contributed by atoms with Crippen molar-refractivity contribution < 1.29 is 0 Å². The van der Waals surface area contributed by atoms with Gasteiger partial charge in [-0.05, 0) is 46.4 Å². The zero-order valence-corrected chi connectivity index (χ0v) is 20.2. The molecule has 0 N–H and O–H groups in total. The van der Waals surface area contributed by atoms with Crippen LogP contribution in [0.4, 0.5) is 0 Å². The molecule has 0 saturated heterocycles. The average Bonchev–Trinajstić information content (AvgIpc) is 2.95. The normalized spacial score (nSPS) is 10.3. The summed E-state index contributed by atoms with van der Waals surface area (Å²) in [7, 11) is 0. The molecule has 0 heterocycles. The van der Waals surface area contributed by atoms with E-state index in [4.69, 9.17) is 0 Å². The smallest absolute Gasteiger partial charge is 0.126 e. The summed E-state index contributed by atoms with van der Waals surface area (Å²) < 4.78 is 0. The number of benzene rings is 4. The van der Waals surface area contributed by atoms with E-state index in [0.717, 1.165) is 33.4 Å². The van der Waals surface area contributed by atoms with Crippen LogP contribution in [0.25, 0.3) is 11.1 Å². The van der Waals surface area contributed by atoms with Gasteiger partial charge in [0, 0.05) is 5.41 Å². The van der Waals surface area contributed by atoms with Crippen LogP contribution in [0.1, 0.15) is 29.2 Å². The van der Waals surface area contributed by atoms with Crippen LogP contribution >= 0.6 is 0 Å². The lowest BCUT2D eigenvalue weighted by Crippen LogP contribution is -2.10. The molecule has 0 bridgehead atoms. The van der Waals surface area contributed by atoms with E-state index < -0.39 is 5.41 Å². The molecule has 0 atom stereocenters. The van der Waals surface area contributed by atoms with Crippen molar-refractivity contribution in [1.82, 2.24) is 0 Å². The number of hydrogen-bond donors (Lipinski definition) is 0. The molecule has 4 aromatic rings. The van der Waals surface area contributed by atoms with Gasteiger partial charge < -0.3 is 0 Å². The highest BCUT2D eigenvalue weighted by Crippen LogP contribution is 2.37. The molecule has 2 heteroatoms. The molecule has 0 fully saturated rings. The highest BCUT2D eigenvalue weighted by Gasteiger charge is 2.22. The first-order valence-corrected chi connectivity index (χ1v) is 11.8. The van der Waals surface area contributed by atoms with Crippen LogP contribution in [-0.4, -0.2) is 0 Å². The zero-order valence-electron chi connectivity index (χ0n) is 20.2. The molecule has 4 aromatic carbocycles. The molecule has 0 aromatic heterocycles. The van der Waals surface area contributed by atoms with E-state index in [0.29, 0.717) is 0 Å². The fourth-order valence-electron chi connectivity index (χ4n) is 4.29. The van der Waals surface area contributed by atoms with E-state index in [2.05, 4.69) is 72.8 Å². The SMILES string of the molecule is CC(C=C(C#N)C#N)(C=C(c1ccccc1)c1ccccc1)C=C(c1ccccc1)c1ccccc1. The molecule has 0 aliphatic carbocycles. The van der Waals surface area contributed by atoms with Crippen molar-refractivity contribution in [2.75, 3.05) is 0 Å². The molecule has 0 aliphatic heterocycles. The van der Waals surface area contributed by atoms with Crippen molar-refractivity contribution >= 4 is 11.1 Å². The van der Waals surface area contributed by atoms with Crippen molar-refractivity contribution in [2.45, 2.75) is 6.92 Å². The third-order valence-corrected chi connectivity index (χ3v) is 5.95. The van der Waals surface area contributed by atoms with Crippen LogP contribution in [0.15, 0.2) is 145 Å². The Morgan fingerprint density at radius 2 is 0.778 bits per heavy atom. The number of allylic oxidation sites excluding steroid dienone is 4. The second kappa shape index (κ2) is 11.5. The van der Waals surface area contributed by atoms with Crippen molar-refractivity contribution in [2.24, 2.45) is 5.41 Å². The lowest BCUT2D eigenvalue weighted by atomic mass is 9.79. The van der Waals surface area contributed by atoms with E-state index in [1.807, 2.05) is 79.7 Å². The topological polar surface area (TPSA) is 47.6 Å². The number of rotatable bonds is 7. The third kappa shape index (κ3) is 5.95. The Morgan fingerprint density at radius 3 is 1.03 bits per heavy atom. The quantitative estimate of drug-likeness (QED) is 0.260. The maximum atomic E-state index is 9.64. The first kappa shape index (κ1) is 24.2. The van der Waals surface area contributed by atoms with E-state index in [1.54, 1.807) is 6.08 Å². The van der Waals surface area contributed by atoms with Gasteiger partial charge in [-0.1, -0.05) is 133 Å². The summed E-state index contributed by atoms with van der Waals surface area (Å²) in [5, 5.41) is 19.3. The van der Waals surface area contributed by atoms with Gasteiger partial charge in [-0.25, -0.2) is 0 Å². The minimum atomic E-state index is -0.747. The molecule has 0 amide bonds. The largest absolute Gasteiger partial charge is 0.192 e. The van der Waals surface area contributed by atoms with Crippen molar-refractivity contribution in [3.63, 3.8) is 0 Å². The summed E-state index contributed by atoms with van der Waals surface area (Å²) in [4.78, 5) is 0. The molecule has 2 nitrogen and oxygen atoms in total. The fourth-order valence-corrected chi connectivity index (χ4v) is 4.29. The summed E-state index contributed by atoms with van der Waals surface area (Å²) in [6.45, 7) is 2.04. The van der Waals surface area contributed by atoms with Gasteiger partial charge in [0.25, 0.3) is 0 Å². The average molecular weight is 463 g/mol.